The van der Waals surface area contributed by atoms with Gasteiger partial charge in [-0.25, -0.2) is 9.37 Å². The highest BCUT2D eigenvalue weighted by molar-refractivity contribution is 7.99. The molecule has 136 valence electrons. The van der Waals surface area contributed by atoms with Crippen molar-refractivity contribution in [2.24, 2.45) is 0 Å². The summed E-state index contributed by atoms with van der Waals surface area (Å²) in [4.78, 5) is 4.35. The Morgan fingerprint density at radius 1 is 1.27 bits per heavy atom. The summed E-state index contributed by atoms with van der Waals surface area (Å²) in [6.45, 7) is 2.08. The molecule has 3 aromatic rings. The fourth-order valence-corrected chi connectivity index (χ4v) is 3.42. The minimum absolute atomic E-state index is 0.121. The molecule has 2 aromatic carbocycles. The van der Waals surface area contributed by atoms with Crippen molar-refractivity contribution in [2.75, 3.05) is 12.4 Å². The van der Waals surface area contributed by atoms with Crippen LogP contribution in [0.15, 0.2) is 60.0 Å². The molecule has 0 fully saturated rings. The summed E-state index contributed by atoms with van der Waals surface area (Å²) in [7, 11) is 0. The summed E-state index contributed by atoms with van der Waals surface area (Å²) in [6.07, 6.45) is 2.89. The van der Waals surface area contributed by atoms with Crippen molar-refractivity contribution >= 4 is 23.4 Å². The standard InChI is InChI=1S/C19H18ClFN2O2S/c1-13-17(20)3-2-4-18(13)23-10-9-22-19(23)26-12-15(24)11-25-16-7-5-14(21)6-8-16/h2-10,15,24H,11-12H2,1H3. The maximum Gasteiger partial charge on any atom is 0.172 e. The molecule has 0 spiro atoms. The van der Waals surface area contributed by atoms with Gasteiger partial charge in [0.25, 0.3) is 0 Å². The van der Waals surface area contributed by atoms with E-state index in [1.165, 1.54) is 36.0 Å². The highest BCUT2D eigenvalue weighted by Crippen LogP contribution is 2.27. The number of imidazole rings is 1. The summed E-state index contributed by atoms with van der Waals surface area (Å²) in [5.41, 5.74) is 1.92. The minimum atomic E-state index is -0.685. The highest BCUT2D eigenvalue weighted by Gasteiger charge is 2.13. The lowest BCUT2D eigenvalue weighted by Gasteiger charge is -2.14. The molecule has 0 saturated heterocycles. The monoisotopic (exact) mass is 392 g/mol. The molecular weight excluding hydrogens is 375 g/mol. The van der Waals surface area contributed by atoms with Crippen LogP contribution < -0.4 is 4.74 Å². The van der Waals surface area contributed by atoms with Crippen molar-refractivity contribution in [1.82, 2.24) is 9.55 Å². The molecule has 0 saturated carbocycles. The predicted molar refractivity (Wildman–Crippen MR) is 102 cm³/mol. The summed E-state index contributed by atoms with van der Waals surface area (Å²) in [5, 5.41) is 11.6. The van der Waals surface area contributed by atoms with E-state index in [-0.39, 0.29) is 12.4 Å². The Balaban J connectivity index is 1.59. The SMILES string of the molecule is Cc1c(Cl)cccc1-n1ccnc1SCC(O)COc1ccc(F)cc1. The van der Waals surface area contributed by atoms with Crippen LogP contribution in [0.4, 0.5) is 4.39 Å². The lowest BCUT2D eigenvalue weighted by Crippen LogP contribution is -2.20. The molecule has 0 aliphatic carbocycles. The summed E-state index contributed by atoms with van der Waals surface area (Å²) in [5.74, 6) is 0.612. The van der Waals surface area contributed by atoms with E-state index in [2.05, 4.69) is 4.98 Å². The van der Waals surface area contributed by atoms with Gasteiger partial charge in [0.05, 0.1) is 11.8 Å². The van der Waals surface area contributed by atoms with Crippen LogP contribution in [0.1, 0.15) is 5.56 Å². The molecule has 0 radical (unpaired) electrons. The zero-order chi connectivity index (χ0) is 18.5. The van der Waals surface area contributed by atoms with E-state index in [4.69, 9.17) is 16.3 Å². The lowest BCUT2D eigenvalue weighted by atomic mass is 10.2. The first-order valence-corrected chi connectivity index (χ1v) is 9.39. The number of rotatable bonds is 7. The summed E-state index contributed by atoms with van der Waals surface area (Å²) < 4.78 is 20.3. The fraction of sp³-hybridized carbons (Fsp3) is 0.211. The van der Waals surface area contributed by atoms with Gasteiger partial charge in [-0.1, -0.05) is 29.4 Å². The molecule has 0 aliphatic rings. The van der Waals surface area contributed by atoms with E-state index < -0.39 is 6.10 Å². The first-order chi connectivity index (χ1) is 12.5. The quantitative estimate of drug-likeness (QED) is 0.601. The molecule has 0 amide bonds. The van der Waals surface area contributed by atoms with Gasteiger partial charge in [-0.05, 0) is 48.9 Å². The van der Waals surface area contributed by atoms with Crippen LogP contribution in [0.2, 0.25) is 5.02 Å². The van der Waals surface area contributed by atoms with Crippen LogP contribution in [0.25, 0.3) is 5.69 Å². The molecule has 4 nitrogen and oxygen atoms in total. The van der Waals surface area contributed by atoms with Crippen molar-refractivity contribution in [1.29, 1.82) is 0 Å². The number of ether oxygens (including phenoxy) is 1. The van der Waals surface area contributed by atoms with Crippen LogP contribution in [-0.4, -0.2) is 33.1 Å². The van der Waals surface area contributed by atoms with E-state index in [1.807, 2.05) is 35.9 Å². The number of aliphatic hydroxyl groups excluding tert-OH is 1. The average Bonchev–Trinajstić information content (AvgIpc) is 3.10. The molecule has 7 heteroatoms. The first-order valence-electron chi connectivity index (χ1n) is 8.02. The van der Waals surface area contributed by atoms with Gasteiger partial charge in [-0.3, -0.25) is 4.57 Å². The average molecular weight is 393 g/mol. The second-order valence-corrected chi connectivity index (χ2v) is 7.09. The molecule has 1 unspecified atom stereocenters. The van der Waals surface area contributed by atoms with Gasteiger partial charge in [0.1, 0.15) is 18.2 Å². The first kappa shape index (κ1) is 18.8. The van der Waals surface area contributed by atoms with Gasteiger partial charge in [0.2, 0.25) is 0 Å². The smallest absolute Gasteiger partial charge is 0.172 e. The lowest BCUT2D eigenvalue weighted by molar-refractivity contribution is 0.126. The van der Waals surface area contributed by atoms with Crippen molar-refractivity contribution in [3.63, 3.8) is 0 Å². The van der Waals surface area contributed by atoms with E-state index in [0.717, 1.165) is 16.4 Å². The molecule has 0 aliphatic heterocycles. The number of halogens is 2. The van der Waals surface area contributed by atoms with Crippen molar-refractivity contribution < 1.29 is 14.2 Å². The van der Waals surface area contributed by atoms with Gasteiger partial charge in [-0.15, -0.1) is 0 Å². The largest absolute Gasteiger partial charge is 0.491 e. The Bertz CT molecular complexity index is 870. The third-order valence-electron chi connectivity index (χ3n) is 3.77. The van der Waals surface area contributed by atoms with Crippen molar-refractivity contribution in [3.05, 3.63) is 71.3 Å². The van der Waals surface area contributed by atoms with Gasteiger partial charge in [0.15, 0.2) is 5.16 Å². The topological polar surface area (TPSA) is 47.3 Å². The fourth-order valence-electron chi connectivity index (χ4n) is 2.38. The van der Waals surface area contributed by atoms with E-state index in [1.54, 1.807) is 6.20 Å². The predicted octanol–water partition coefficient (Wildman–Crippen LogP) is 4.51. The van der Waals surface area contributed by atoms with E-state index in [9.17, 15) is 9.50 Å². The zero-order valence-electron chi connectivity index (χ0n) is 14.1. The Kier molecular flexibility index (Phi) is 6.19. The van der Waals surface area contributed by atoms with Crippen LogP contribution in [0.3, 0.4) is 0 Å². The van der Waals surface area contributed by atoms with Crippen LogP contribution in [0, 0.1) is 12.7 Å². The van der Waals surface area contributed by atoms with Gasteiger partial charge < -0.3 is 9.84 Å². The number of hydrogen-bond acceptors (Lipinski definition) is 4. The molecule has 1 aromatic heterocycles. The van der Waals surface area contributed by atoms with E-state index >= 15 is 0 Å². The third kappa shape index (κ3) is 4.58. The molecule has 3 rings (SSSR count). The maximum atomic E-state index is 12.9. The Morgan fingerprint density at radius 2 is 2.04 bits per heavy atom. The second-order valence-electron chi connectivity index (χ2n) is 5.69. The number of nitrogens with zero attached hydrogens (tertiary/aromatic N) is 2. The van der Waals surface area contributed by atoms with Crippen molar-refractivity contribution in [3.8, 4) is 11.4 Å². The maximum absolute atomic E-state index is 12.9. The normalized spacial score (nSPS) is 12.2. The highest BCUT2D eigenvalue weighted by atomic mass is 35.5. The number of aromatic nitrogens is 2. The molecular formula is C19H18ClFN2O2S. The summed E-state index contributed by atoms with van der Waals surface area (Å²) in [6, 6.07) is 11.4. The van der Waals surface area contributed by atoms with Crippen LogP contribution in [0.5, 0.6) is 5.75 Å². The molecule has 1 atom stereocenters. The molecule has 1 heterocycles. The number of benzene rings is 2. The molecule has 26 heavy (non-hydrogen) atoms. The van der Waals surface area contributed by atoms with Crippen LogP contribution >= 0.6 is 23.4 Å². The molecule has 0 bridgehead atoms. The Labute approximate surface area is 160 Å². The van der Waals surface area contributed by atoms with Gasteiger partial charge in [-0.2, -0.15) is 0 Å². The zero-order valence-corrected chi connectivity index (χ0v) is 15.7. The van der Waals surface area contributed by atoms with Crippen LogP contribution in [-0.2, 0) is 0 Å². The van der Waals surface area contributed by atoms with E-state index in [0.29, 0.717) is 16.5 Å². The number of thioether (sulfide) groups is 1. The summed E-state index contributed by atoms with van der Waals surface area (Å²) >= 11 is 7.63. The number of aliphatic hydroxyl groups is 1. The van der Waals surface area contributed by atoms with Crippen molar-refractivity contribution in [2.45, 2.75) is 18.2 Å². The number of hydrogen-bond donors (Lipinski definition) is 1. The van der Waals surface area contributed by atoms with Gasteiger partial charge >= 0.3 is 0 Å². The Hall–Kier alpha value is -2.02. The second kappa shape index (κ2) is 8.58. The Morgan fingerprint density at radius 3 is 2.81 bits per heavy atom. The third-order valence-corrected chi connectivity index (χ3v) is 5.29. The van der Waals surface area contributed by atoms with Gasteiger partial charge in [0, 0.05) is 23.2 Å². The minimum Gasteiger partial charge on any atom is -0.491 e. The molecule has 1 N–H and O–H groups in total.